The first-order valence-electron chi connectivity index (χ1n) is 6.20. The van der Waals surface area contributed by atoms with Gasteiger partial charge in [0.1, 0.15) is 12.1 Å². The molecule has 102 valence electrons. The first-order valence-corrected chi connectivity index (χ1v) is 6.20. The van der Waals surface area contributed by atoms with E-state index in [-0.39, 0.29) is 11.1 Å². The molecule has 0 fully saturated rings. The number of nitriles is 2. The molecule has 0 spiro atoms. The number of aliphatic hydroxyl groups is 1. The molecular weight excluding hydrogens is 266 g/mol. The predicted molar refractivity (Wildman–Crippen MR) is 75.8 cm³/mol. The van der Waals surface area contributed by atoms with Gasteiger partial charge in [0.25, 0.3) is 0 Å². The van der Waals surface area contributed by atoms with Gasteiger partial charge in [-0.15, -0.1) is 0 Å². The van der Waals surface area contributed by atoms with Crippen molar-refractivity contribution in [3.05, 3.63) is 75.7 Å². The highest BCUT2D eigenvalue weighted by Crippen LogP contribution is 2.32. The second-order valence-corrected chi connectivity index (χ2v) is 4.47. The summed E-state index contributed by atoms with van der Waals surface area (Å²) in [5, 5.41) is 31.2. The van der Waals surface area contributed by atoms with Crippen LogP contribution in [0.4, 0.5) is 0 Å². The SMILES string of the molecule is N#Cc1cc(C#N)cc(C(N=O)C(O)c2ccccc2)c1. The van der Waals surface area contributed by atoms with Crippen LogP contribution in [0.3, 0.4) is 0 Å². The molecule has 0 saturated heterocycles. The Morgan fingerprint density at radius 3 is 2.00 bits per heavy atom. The molecule has 21 heavy (non-hydrogen) atoms. The highest BCUT2D eigenvalue weighted by molar-refractivity contribution is 5.44. The molecule has 0 radical (unpaired) electrons. The molecule has 2 unspecified atom stereocenters. The van der Waals surface area contributed by atoms with Gasteiger partial charge in [0.15, 0.2) is 0 Å². The largest absolute Gasteiger partial charge is 0.386 e. The first-order chi connectivity index (χ1) is 10.2. The zero-order chi connectivity index (χ0) is 15.2. The Morgan fingerprint density at radius 1 is 0.952 bits per heavy atom. The zero-order valence-electron chi connectivity index (χ0n) is 11.0. The molecule has 0 aliphatic rings. The van der Waals surface area contributed by atoms with Crippen molar-refractivity contribution in [2.45, 2.75) is 12.1 Å². The lowest BCUT2D eigenvalue weighted by molar-refractivity contribution is 0.147. The van der Waals surface area contributed by atoms with E-state index < -0.39 is 12.1 Å². The minimum absolute atomic E-state index is 0.248. The fourth-order valence-corrected chi connectivity index (χ4v) is 2.08. The molecule has 0 saturated carbocycles. The maximum absolute atomic E-state index is 11.1. The van der Waals surface area contributed by atoms with Crippen molar-refractivity contribution in [2.24, 2.45) is 5.18 Å². The van der Waals surface area contributed by atoms with E-state index in [1.54, 1.807) is 30.3 Å². The van der Waals surface area contributed by atoms with E-state index in [9.17, 15) is 10.0 Å². The Morgan fingerprint density at radius 2 is 1.52 bits per heavy atom. The van der Waals surface area contributed by atoms with E-state index in [4.69, 9.17) is 10.5 Å². The van der Waals surface area contributed by atoms with E-state index in [2.05, 4.69) is 5.18 Å². The molecule has 1 N–H and O–H groups in total. The molecule has 0 bridgehead atoms. The lowest BCUT2D eigenvalue weighted by Gasteiger charge is -2.17. The maximum Gasteiger partial charge on any atom is 0.147 e. The van der Waals surface area contributed by atoms with Crippen LogP contribution >= 0.6 is 0 Å². The molecule has 2 aromatic carbocycles. The van der Waals surface area contributed by atoms with Crippen LogP contribution in [0, 0.1) is 27.6 Å². The lowest BCUT2D eigenvalue weighted by atomic mass is 9.94. The summed E-state index contributed by atoms with van der Waals surface area (Å²) < 4.78 is 0. The normalized spacial score (nSPS) is 12.7. The van der Waals surface area contributed by atoms with Gasteiger partial charge in [-0.2, -0.15) is 15.4 Å². The Hall–Kier alpha value is -3.02. The molecule has 0 heterocycles. The topological polar surface area (TPSA) is 97.2 Å². The smallest absolute Gasteiger partial charge is 0.147 e. The molecule has 0 aliphatic carbocycles. The standard InChI is InChI=1S/C16H11N3O2/c17-9-11-6-12(10-18)8-14(7-11)15(19-21)16(20)13-4-2-1-3-5-13/h1-8,15-16,20H. The van der Waals surface area contributed by atoms with E-state index in [0.29, 0.717) is 11.1 Å². The van der Waals surface area contributed by atoms with Crippen LogP contribution < -0.4 is 0 Å². The van der Waals surface area contributed by atoms with Crippen molar-refractivity contribution in [3.8, 4) is 12.1 Å². The molecular formula is C16H11N3O2. The molecule has 2 rings (SSSR count). The molecule has 0 amide bonds. The van der Waals surface area contributed by atoms with Gasteiger partial charge < -0.3 is 5.11 Å². The Bertz CT molecular complexity index is 697. The monoisotopic (exact) mass is 277 g/mol. The van der Waals surface area contributed by atoms with Crippen LogP contribution in [-0.2, 0) is 0 Å². The Kier molecular flexibility index (Phi) is 4.40. The van der Waals surface area contributed by atoms with E-state index >= 15 is 0 Å². The van der Waals surface area contributed by atoms with Crippen molar-refractivity contribution < 1.29 is 5.11 Å². The summed E-state index contributed by atoms with van der Waals surface area (Å²) in [5.74, 6) is 0. The summed E-state index contributed by atoms with van der Waals surface area (Å²) in [6, 6.07) is 15.7. The number of nitroso groups, excluding NO2 is 1. The van der Waals surface area contributed by atoms with Gasteiger partial charge in [-0.05, 0) is 29.3 Å². The molecule has 0 aromatic heterocycles. The maximum atomic E-state index is 11.1. The predicted octanol–water partition coefficient (Wildman–Crippen LogP) is 2.97. The quantitative estimate of drug-likeness (QED) is 0.868. The summed E-state index contributed by atoms with van der Waals surface area (Å²) in [7, 11) is 0. The minimum atomic E-state index is -1.14. The van der Waals surface area contributed by atoms with Crippen LogP contribution in [0.2, 0.25) is 0 Å². The zero-order valence-corrected chi connectivity index (χ0v) is 11.0. The van der Waals surface area contributed by atoms with Crippen molar-refractivity contribution in [3.63, 3.8) is 0 Å². The van der Waals surface area contributed by atoms with Crippen molar-refractivity contribution in [2.75, 3.05) is 0 Å². The van der Waals surface area contributed by atoms with Crippen molar-refractivity contribution >= 4 is 0 Å². The molecule has 0 aliphatic heterocycles. The summed E-state index contributed by atoms with van der Waals surface area (Å²) >= 11 is 0. The molecule has 2 aromatic rings. The lowest BCUT2D eigenvalue weighted by Crippen LogP contribution is -2.09. The summed E-state index contributed by atoms with van der Waals surface area (Å²) in [6.45, 7) is 0. The summed E-state index contributed by atoms with van der Waals surface area (Å²) in [4.78, 5) is 11.1. The van der Waals surface area contributed by atoms with E-state index in [1.807, 2.05) is 12.1 Å². The second kappa shape index (κ2) is 6.42. The van der Waals surface area contributed by atoms with Gasteiger partial charge in [0.2, 0.25) is 0 Å². The first kappa shape index (κ1) is 14.4. The Labute approximate surface area is 121 Å². The van der Waals surface area contributed by atoms with Gasteiger partial charge in [-0.25, -0.2) is 0 Å². The highest BCUT2D eigenvalue weighted by atomic mass is 16.3. The third kappa shape index (κ3) is 3.11. The number of benzene rings is 2. The van der Waals surface area contributed by atoms with Crippen LogP contribution in [0.1, 0.15) is 34.4 Å². The number of hydrogen-bond donors (Lipinski definition) is 1. The van der Waals surface area contributed by atoms with Crippen LogP contribution in [0.5, 0.6) is 0 Å². The van der Waals surface area contributed by atoms with Gasteiger partial charge in [-0.1, -0.05) is 35.5 Å². The van der Waals surface area contributed by atoms with Gasteiger partial charge in [-0.3, -0.25) is 0 Å². The average molecular weight is 277 g/mol. The van der Waals surface area contributed by atoms with Crippen molar-refractivity contribution in [1.82, 2.24) is 0 Å². The molecule has 2 atom stereocenters. The van der Waals surface area contributed by atoms with Crippen LogP contribution in [0.15, 0.2) is 53.7 Å². The summed E-state index contributed by atoms with van der Waals surface area (Å²) in [6.07, 6.45) is -1.14. The van der Waals surface area contributed by atoms with Crippen LogP contribution in [-0.4, -0.2) is 5.11 Å². The molecule has 5 nitrogen and oxygen atoms in total. The molecule has 5 heteroatoms. The van der Waals surface area contributed by atoms with Crippen LogP contribution in [0.25, 0.3) is 0 Å². The van der Waals surface area contributed by atoms with Crippen molar-refractivity contribution in [1.29, 1.82) is 10.5 Å². The third-order valence-electron chi connectivity index (χ3n) is 3.11. The van der Waals surface area contributed by atoms with Gasteiger partial charge in [0.05, 0.1) is 23.3 Å². The van der Waals surface area contributed by atoms with Gasteiger partial charge >= 0.3 is 0 Å². The number of aliphatic hydroxyl groups excluding tert-OH is 1. The number of rotatable bonds is 4. The average Bonchev–Trinajstić information content (AvgIpc) is 2.55. The Balaban J connectivity index is 2.45. The third-order valence-corrected chi connectivity index (χ3v) is 3.11. The fraction of sp³-hybridized carbons (Fsp3) is 0.125. The van der Waals surface area contributed by atoms with Gasteiger partial charge in [0, 0.05) is 0 Å². The second-order valence-electron chi connectivity index (χ2n) is 4.47. The van der Waals surface area contributed by atoms with E-state index in [0.717, 1.165) is 0 Å². The fourth-order valence-electron chi connectivity index (χ4n) is 2.08. The summed E-state index contributed by atoms with van der Waals surface area (Å²) in [5.41, 5.74) is 1.39. The number of nitrogens with zero attached hydrogens (tertiary/aromatic N) is 3. The number of hydrogen-bond acceptors (Lipinski definition) is 5. The van der Waals surface area contributed by atoms with E-state index in [1.165, 1.54) is 18.2 Å². The minimum Gasteiger partial charge on any atom is -0.386 e. The highest BCUT2D eigenvalue weighted by Gasteiger charge is 2.24.